The van der Waals surface area contributed by atoms with Gasteiger partial charge in [0.2, 0.25) is 5.88 Å². The van der Waals surface area contributed by atoms with Gasteiger partial charge in [0.15, 0.2) is 0 Å². The first-order valence-electron chi connectivity index (χ1n) is 6.91. The van der Waals surface area contributed by atoms with Gasteiger partial charge in [-0.1, -0.05) is 0 Å². The molecule has 1 aliphatic heterocycles. The summed E-state index contributed by atoms with van der Waals surface area (Å²) in [5.74, 6) is 0.317. The normalized spacial score (nSPS) is 15.2. The lowest BCUT2D eigenvalue weighted by molar-refractivity contribution is -0.385. The number of likely N-dealkylation sites (tertiary alicyclic amines) is 1. The molecule has 0 spiro atoms. The van der Waals surface area contributed by atoms with Crippen molar-refractivity contribution in [1.82, 2.24) is 9.88 Å². The van der Waals surface area contributed by atoms with E-state index in [9.17, 15) is 14.9 Å². The quantitative estimate of drug-likeness (QED) is 0.628. The second-order valence-corrected chi connectivity index (χ2v) is 6.19. The minimum absolute atomic E-state index is 0.0451. The van der Waals surface area contributed by atoms with E-state index in [-0.39, 0.29) is 17.9 Å². The average Bonchev–Trinajstić information content (AvgIpc) is 2.30. The fourth-order valence-corrected chi connectivity index (χ4v) is 1.94. The first-order valence-corrected chi connectivity index (χ1v) is 6.91. The number of carbonyl (C=O) groups excluding carboxylic acids is 1. The lowest BCUT2D eigenvalue weighted by Crippen LogP contribution is -2.57. The SMILES string of the molecule is Cc1cc(OC2CN(C(=O)OC(C)(C)C)C2)ncc1[N+](=O)[O-]. The third kappa shape index (κ3) is 3.84. The van der Waals surface area contributed by atoms with Crippen LogP contribution in [0.4, 0.5) is 10.5 Å². The first-order chi connectivity index (χ1) is 10.2. The maximum absolute atomic E-state index is 11.8. The molecule has 2 heterocycles. The van der Waals surface area contributed by atoms with Crippen molar-refractivity contribution in [3.8, 4) is 5.88 Å². The van der Waals surface area contributed by atoms with Gasteiger partial charge in [-0.2, -0.15) is 0 Å². The minimum Gasteiger partial charge on any atom is -0.471 e. The molecular weight excluding hydrogens is 290 g/mol. The van der Waals surface area contributed by atoms with Crippen LogP contribution in [0.25, 0.3) is 0 Å². The number of hydrogen-bond acceptors (Lipinski definition) is 6. The van der Waals surface area contributed by atoms with Crippen LogP contribution in [0.2, 0.25) is 0 Å². The van der Waals surface area contributed by atoms with Crippen molar-refractivity contribution in [3.63, 3.8) is 0 Å². The van der Waals surface area contributed by atoms with Crippen LogP contribution >= 0.6 is 0 Å². The Morgan fingerprint density at radius 3 is 2.59 bits per heavy atom. The molecule has 1 amide bonds. The maximum atomic E-state index is 11.8. The van der Waals surface area contributed by atoms with E-state index in [0.717, 1.165) is 0 Å². The molecule has 1 aromatic heterocycles. The Hall–Kier alpha value is -2.38. The van der Waals surface area contributed by atoms with E-state index in [4.69, 9.17) is 9.47 Å². The number of ether oxygens (including phenoxy) is 2. The van der Waals surface area contributed by atoms with Crippen molar-refractivity contribution in [2.75, 3.05) is 13.1 Å². The number of carbonyl (C=O) groups is 1. The molecule has 1 aromatic rings. The van der Waals surface area contributed by atoms with E-state index < -0.39 is 10.5 Å². The molecule has 0 bridgehead atoms. The molecule has 120 valence electrons. The van der Waals surface area contributed by atoms with Gasteiger partial charge in [0.1, 0.15) is 17.9 Å². The van der Waals surface area contributed by atoms with E-state index in [0.29, 0.717) is 24.5 Å². The van der Waals surface area contributed by atoms with Crippen LogP contribution in [0.3, 0.4) is 0 Å². The summed E-state index contributed by atoms with van der Waals surface area (Å²) in [5, 5.41) is 10.7. The fourth-order valence-electron chi connectivity index (χ4n) is 1.94. The highest BCUT2D eigenvalue weighted by molar-refractivity contribution is 5.69. The monoisotopic (exact) mass is 309 g/mol. The summed E-state index contributed by atoms with van der Waals surface area (Å²) in [6.45, 7) is 7.87. The molecule has 1 aliphatic rings. The van der Waals surface area contributed by atoms with Gasteiger partial charge in [-0.05, 0) is 27.7 Å². The number of rotatable bonds is 3. The van der Waals surface area contributed by atoms with Crippen LogP contribution in [0, 0.1) is 17.0 Å². The smallest absolute Gasteiger partial charge is 0.410 e. The summed E-state index contributed by atoms with van der Waals surface area (Å²) in [6, 6.07) is 1.52. The van der Waals surface area contributed by atoms with Crippen LogP contribution in [-0.4, -0.2) is 45.7 Å². The predicted molar refractivity (Wildman–Crippen MR) is 77.9 cm³/mol. The molecular formula is C14H19N3O5. The van der Waals surface area contributed by atoms with Crippen LogP contribution in [-0.2, 0) is 4.74 Å². The van der Waals surface area contributed by atoms with Crippen LogP contribution in [0.1, 0.15) is 26.3 Å². The standard InChI is InChI=1S/C14H19N3O5/c1-9-5-12(15-6-11(9)17(19)20)21-10-7-16(8-10)13(18)22-14(2,3)4/h5-6,10H,7-8H2,1-4H3. The van der Waals surface area contributed by atoms with Gasteiger partial charge in [0.25, 0.3) is 5.69 Å². The lowest BCUT2D eigenvalue weighted by Gasteiger charge is -2.39. The number of aromatic nitrogens is 1. The predicted octanol–water partition coefficient (Wildman–Crippen LogP) is 2.30. The number of aryl methyl sites for hydroxylation is 1. The lowest BCUT2D eigenvalue weighted by atomic mass is 10.1. The van der Waals surface area contributed by atoms with Crippen LogP contribution in [0.5, 0.6) is 5.88 Å². The molecule has 22 heavy (non-hydrogen) atoms. The Morgan fingerprint density at radius 1 is 1.45 bits per heavy atom. The molecule has 1 saturated heterocycles. The number of amides is 1. The number of pyridine rings is 1. The van der Waals surface area contributed by atoms with Gasteiger partial charge in [0.05, 0.1) is 18.0 Å². The zero-order valence-electron chi connectivity index (χ0n) is 13.0. The second-order valence-electron chi connectivity index (χ2n) is 6.19. The number of nitrogens with zero attached hydrogens (tertiary/aromatic N) is 3. The van der Waals surface area contributed by atoms with Crippen molar-refractivity contribution in [2.45, 2.75) is 39.4 Å². The molecule has 0 saturated carbocycles. The zero-order chi connectivity index (χ0) is 16.5. The van der Waals surface area contributed by atoms with Crippen molar-refractivity contribution in [3.05, 3.63) is 27.9 Å². The summed E-state index contributed by atoms with van der Waals surface area (Å²) in [7, 11) is 0. The summed E-state index contributed by atoms with van der Waals surface area (Å²) in [6.07, 6.45) is 0.621. The minimum atomic E-state index is -0.528. The summed E-state index contributed by atoms with van der Waals surface area (Å²) < 4.78 is 10.8. The zero-order valence-corrected chi connectivity index (χ0v) is 13.0. The molecule has 0 aromatic carbocycles. The Balaban J connectivity index is 1.87. The van der Waals surface area contributed by atoms with Gasteiger partial charge >= 0.3 is 6.09 Å². The Labute approximate surface area is 128 Å². The molecule has 1 fully saturated rings. The average molecular weight is 309 g/mol. The van der Waals surface area contributed by atoms with Gasteiger partial charge in [-0.3, -0.25) is 10.1 Å². The highest BCUT2D eigenvalue weighted by Gasteiger charge is 2.35. The third-order valence-electron chi connectivity index (χ3n) is 3.04. The number of nitro groups is 1. The van der Waals surface area contributed by atoms with Crippen molar-refractivity contribution >= 4 is 11.8 Å². The van der Waals surface area contributed by atoms with E-state index >= 15 is 0 Å². The van der Waals surface area contributed by atoms with Gasteiger partial charge in [0, 0.05) is 11.6 Å². The summed E-state index contributed by atoms with van der Waals surface area (Å²) >= 11 is 0. The molecule has 0 radical (unpaired) electrons. The molecule has 8 heteroatoms. The molecule has 2 rings (SSSR count). The fraction of sp³-hybridized carbons (Fsp3) is 0.571. The van der Waals surface area contributed by atoms with Crippen molar-refractivity contribution in [2.24, 2.45) is 0 Å². The van der Waals surface area contributed by atoms with Crippen molar-refractivity contribution in [1.29, 1.82) is 0 Å². The van der Waals surface area contributed by atoms with E-state index in [1.54, 1.807) is 6.92 Å². The summed E-state index contributed by atoms with van der Waals surface area (Å²) in [5.41, 5.74) is -0.0882. The van der Waals surface area contributed by atoms with E-state index in [1.165, 1.54) is 17.2 Å². The Morgan fingerprint density at radius 2 is 2.09 bits per heavy atom. The largest absolute Gasteiger partial charge is 0.471 e. The third-order valence-corrected chi connectivity index (χ3v) is 3.04. The molecule has 8 nitrogen and oxygen atoms in total. The Kier molecular flexibility index (Phi) is 4.20. The number of hydrogen-bond donors (Lipinski definition) is 0. The Bertz CT molecular complexity index is 591. The molecule has 0 N–H and O–H groups in total. The molecule has 0 aliphatic carbocycles. The molecule has 0 unspecified atom stereocenters. The highest BCUT2D eigenvalue weighted by atomic mass is 16.6. The second kappa shape index (κ2) is 5.78. The molecule has 0 atom stereocenters. The van der Waals surface area contributed by atoms with Gasteiger partial charge in [-0.15, -0.1) is 0 Å². The van der Waals surface area contributed by atoms with E-state index in [1.807, 2.05) is 20.8 Å². The highest BCUT2D eigenvalue weighted by Crippen LogP contribution is 2.23. The topological polar surface area (TPSA) is 94.8 Å². The maximum Gasteiger partial charge on any atom is 0.410 e. The van der Waals surface area contributed by atoms with Crippen molar-refractivity contribution < 1.29 is 19.2 Å². The summed E-state index contributed by atoms with van der Waals surface area (Å²) in [4.78, 5) is 27.5. The van der Waals surface area contributed by atoms with E-state index in [2.05, 4.69) is 4.98 Å². The van der Waals surface area contributed by atoms with Crippen LogP contribution in [0.15, 0.2) is 12.3 Å². The van der Waals surface area contributed by atoms with Crippen LogP contribution < -0.4 is 4.74 Å². The van der Waals surface area contributed by atoms with Gasteiger partial charge < -0.3 is 14.4 Å². The van der Waals surface area contributed by atoms with Gasteiger partial charge in [-0.25, -0.2) is 9.78 Å². The first kappa shape index (κ1) is 16.0.